The van der Waals surface area contributed by atoms with E-state index in [1.54, 1.807) is 12.1 Å². The van der Waals surface area contributed by atoms with Crippen molar-refractivity contribution >= 4 is 0 Å². The average Bonchev–Trinajstić information content (AvgIpc) is 2.20. The molecule has 0 aliphatic carbocycles. The van der Waals surface area contributed by atoms with Crippen LogP contribution in [0.4, 0.5) is 0 Å². The number of phenolic OH excluding ortho intramolecular Hbond substituents is 1. The summed E-state index contributed by atoms with van der Waals surface area (Å²) in [6, 6.07) is 7.22. The second kappa shape index (κ2) is 3.98. The lowest BCUT2D eigenvalue weighted by Gasteiger charge is -2.30. The van der Waals surface area contributed by atoms with Crippen LogP contribution < -0.4 is 0 Å². The minimum Gasteiger partial charge on any atom is -0.508 e. The Balaban J connectivity index is 2.25. The fourth-order valence-electron chi connectivity index (χ4n) is 1.70. The Hall–Kier alpha value is -1.06. The van der Waals surface area contributed by atoms with Gasteiger partial charge in [0.25, 0.3) is 0 Å². The Morgan fingerprint density at radius 1 is 1.21 bits per heavy atom. The minimum absolute atomic E-state index is 0.00273. The first-order valence-corrected chi connectivity index (χ1v) is 4.80. The third kappa shape index (κ3) is 1.74. The number of hydrogen-bond acceptors (Lipinski definition) is 3. The van der Waals surface area contributed by atoms with Crippen molar-refractivity contribution in [3.05, 3.63) is 29.8 Å². The van der Waals surface area contributed by atoms with E-state index in [4.69, 9.17) is 9.47 Å². The molecule has 0 saturated carbocycles. The molecule has 1 aromatic rings. The number of rotatable bonds is 1. The summed E-state index contributed by atoms with van der Waals surface area (Å²) in [5.41, 5.74) is 0.805. The third-order valence-electron chi connectivity index (χ3n) is 2.43. The average molecular weight is 194 g/mol. The van der Waals surface area contributed by atoms with Crippen molar-refractivity contribution in [2.24, 2.45) is 0 Å². The lowest BCUT2D eigenvalue weighted by molar-refractivity contribution is -0.135. The van der Waals surface area contributed by atoms with Gasteiger partial charge in [0.2, 0.25) is 0 Å². The monoisotopic (exact) mass is 194 g/mol. The molecule has 3 nitrogen and oxygen atoms in total. The zero-order chi connectivity index (χ0) is 9.97. The molecular formula is C11H14O3. The van der Waals surface area contributed by atoms with E-state index >= 15 is 0 Å². The highest BCUT2D eigenvalue weighted by Crippen LogP contribution is 2.31. The van der Waals surface area contributed by atoms with E-state index in [-0.39, 0.29) is 18.0 Å². The maximum atomic E-state index is 9.64. The molecule has 0 bridgehead atoms. The second-order valence-electron chi connectivity index (χ2n) is 3.43. The van der Waals surface area contributed by atoms with Crippen LogP contribution in [0.2, 0.25) is 0 Å². The molecule has 2 atom stereocenters. The maximum absolute atomic E-state index is 9.64. The van der Waals surface area contributed by atoms with Gasteiger partial charge in [0, 0.05) is 5.56 Å². The van der Waals surface area contributed by atoms with Crippen molar-refractivity contribution in [1.29, 1.82) is 0 Å². The largest absolute Gasteiger partial charge is 0.508 e. The number of hydrogen-bond donors (Lipinski definition) is 1. The van der Waals surface area contributed by atoms with E-state index < -0.39 is 0 Å². The van der Waals surface area contributed by atoms with Crippen LogP contribution in [0.1, 0.15) is 18.6 Å². The van der Waals surface area contributed by atoms with Gasteiger partial charge in [0.1, 0.15) is 11.9 Å². The first kappa shape index (κ1) is 9.49. The van der Waals surface area contributed by atoms with Crippen LogP contribution in [0.3, 0.4) is 0 Å². The van der Waals surface area contributed by atoms with Gasteiger partial charge in [-0.15, -0.1) is 0 Å². The number of benzene rings is 1. The number of aromatic hydroxyl groups is 1. The summed E-state index contributed by atoms with van der Waals surface area (Å²) in [6.07, 6.45) is -0.151. The number of phenols is 1. The van der Waals surface area contributed by atoms with Gasteiger partial charge in [0.05, 0.1) is 19.3 Å². The highest BCUT2D eigenvalue weighted by atomic mass is 16.6. The van der Waals surface area contributed by atoms with Crippen LogP contribution in [0, 0.1) is 0 Å². The van der Waals surface area contributed by atoms with Gasteiger partial charge in [-0.2, -0.15) is 0 Å². The summed E-state index contributed by atoms with van der Waals surface area (Å²) in [7, 11) is 0. The third-order valence-corrected chi connectivity index (χ3v) is 2.43. The Bertz CT molecular complexity index is 311. The highest BCUT2D eigenvalue weighted by molar-refractivity contribution is 5.34. The normalized spacial score (nSPS) is 27.5. The van der Waals surface area contributed by atoms with E-state index in [1.807, 2.05) is 19.1 Å². The highest BCUT2D eigenvalue weighted by Gasteiger charge is 2.26. The summed E-state index contributed by atoms with van der Waals surface area (Å²) in [5.74, 6) is 0.273. The summed E-state index contributed by atoms with van der Waals surface area (Å²) >= 11 is 0. The number of para-hydroxylation sites is 1. The molecule has 0 unspecified atom stereocenters. The van der Waals surface area contributed by atoms with E-state index in [1.165, 1.54) is 0 Å². The molecule has 1 saturated heterocycles. The van der Waals surface area contributed by atoms with Gasteiger partial charge < -0.3 is 14.6 Å². The van der Waals surface area contributed by atoms with E-state index in [2.05, 4.69) is 0 Å². The standard InChI is InChI=1S/C11H14O3/c1-8-11(14-7-6-13-8)9-4-2-3-5-10(9)12/h2-5,8,11-12H,6-7H2,1H3/t8-,11+/m0/s1. The minimum atomic E-state index is -0.148. The van der Waals surface area contributed by atoms with Crippen molar-refractivity contribution in [3.63, 3.8) is 0 Å². The predicted molar refractivity (Wildman–Crippen MR) is 52.2 cm³/mol. The molecule has 1 aliphatic heterocycles. The first-order chi connectivity index (χ1) is 6.79. The fourth-order valence-corrected chi connectivity index (χ4v) is 1.70. The van der Waals surface area contributed by atoms with Crippen molar-refractivity contribution in [1.82, 2.24) is 0 Å². The summed E-state index contributed by atoms with van der Waals surface area (Å²) in [5, 5.41) is 9.64. The zero-order valence-corrected chi connectivity index (χ0v) is 8.14. The molecule has 14 heavy (non-hydrogen) atoms. The van der Waals surface area contributed by atoms with Crippen LogP contribution in [0.15, 0.2) is 24.3 Å². The molecule has 1 fully saturated rings. The van der Waals surface area contributed by atoms with Crippen molar-refractivity contribution in [2.45, 2.75) is 19.1 Å². The Kier molecular flexibility index (Phi) is 2.70. The van der Waals surface area contributed by atoms with Crippen LogP contribution in [-0.2, 0) is 9.47 Å². The molecule has 1 aromatic carbocycles. The topological polar surface area (TPSA) is 38.7 Å². The predicted octanol–water partition coefficient (Wildman–Crippen LogP) is 1.87. The Labute approximate surface area is 83.3 Å². The van der Waals surface area contributed by atoms with E-state index in [9.17, 15) is 5.11 Å². The van der Waals surface area contributed by atoms with Crippen molar-refractivity contribution in [2.75, 3.05) is 13.2 Å². The molecule has 76 valence electrons. The Morgan fingerprint density at radius 3 is 2.64 bits per heavy atom. The zero-order valence-electron chi connectivity index (χ0n) is 8.14. The van der Waals surface area contributed by atoms with Crippen LogP contribution in [-0.4, -0.2) is 24.4 Å². The smallest absolute Gasteiger partial charge is 0.121 e. The Morgan fingerprint density at radius 2 is 1.93 bits per heavy atom. The van der Waals surface area contributed by atoms with Gasteiger partial charge in [0.15, 0.2) is 0 Å². The molecule has 0 amide bonds. The quantitative estimate of drug-likeness (QED) is 0.741. The van der Waals surface area contributed by atoms with Crippen molar-refractivity contribution < 1.29 is 14.6 Å². The molecule has 0 spiro atoms. The lowest BCUT2D eigenvalue weighted by Crippen LogP contribution is -2.29. The molecular weight excluding hydrogens is 180 g/mol. The molecule has 1 N–H and O–H groups in total. The molecule has 2 rings (SSSR count). The molecule has 0 aromatic heterocycles. The molecule has 0 radical (unpaired) electrons. The first-order valence-electron chi connectivity index (χ1n) is 4.80. The van der Waals surface area contributed by atoms with Gasteiger partial charge >= 0.3 is 0 Å². The second-order valence-corrected chi connectivity index (χ2v) is 3.43. The van der Waals surface area contributed by atoms with Gasteiger partial charge in [-0.25, -0.2) is 0 Å². The molecule has 1 aliphatic rings. The SMILES string of the molecule is C[C@@H]1OCCO[C@H]1c1ccccc1O. The van der Waals surface area contributed by atoms with Crippen LogP contribution >= 0.6 is 0 Å². The van der Waals surface area contributed by atoms with Crippen LogP contribution in [0.5, 0.6) is 5.75 Å². The van der Waals surface area contributed by atoms with Gasteiger partial charge in [-0.1, -0.05) is 18.2 Å². The van der Waals surface area contributed by atoms with E-state index in [0.717, 1.165) is 5.56 Å². The fraction of sp³-hybridized carbons (Fsp3) is 0.455. The lowest BCUT2D eigenvalue weighted by atomic mass is 10.0. The molecule has 3 heteroatoms. The van der Waals surface area contributed by atoms with Crippen molar-refractivity contribution in [3.8, 4) is 5.75 Å². The summed E-state index contributed by atoms with van der Waals surface area (Å²) < 4.78 is 11.0. The van der Waals surface area contributed by atoms with Gasteiger partial charge in [-0.05, 0) is 13.0 Å². The maximum Gasteiger partial charge on any atom is 0.121 e. The summed E-state index contributed by atoms with van der Waals surface area (Å²) in [6.45, 7) is 3.17. The number of ether oxygens (including phenoxy) is 2. The molecule has 1 heterocycles. The van der Waals surface area contributed by atoms with E-state index in [0.29, 0.717) is 13.2 Å². The summed E-state index contributed by atoms with van der Waals surface area (Å²) in [4.78, 5) is 0. The van der Waals surface area contributed by atoms with Crippen LogP contribution in [0.25, 0.3) is 0 Å². The van der Waals surface area contributed by atoms with Gasteiger partial charge in [-0.3, -0.25) is 0 Å².